The van der Waals surface area contributed by atoms with Crippen LogP contribution in [0.15, 0.2) is 188 Å². The Bertz CT molecular complexity index is 3300. The van der Waals surface area contributed by atoms with E-state index in [2.05, 4.69) is 151 Å². The molecule has 260 valence electrons. The SMILES string of the molecule is c1ccc(-c2ccc3ccc4ccc(-c5ccc(-c6ccc7ccc(-c8ccc9ccc(-c%10cnc%11ccccc%11c%10)nc9c8)nc7c6)cc5)nc4c3n2)cc1. The van der Waals surface area contributed by atoms with Crippen LogP contribution in [0, 0.1) is 0 Å². The molecule has 0 radical (unpaired) electrons. The van der Waals surface area contributed by atoms with E-state index in [0.717, 1.165) is 111 Å². The molecule has 6 aromatic carbocycles. The van der Waals surface area contributed by atoms with Crippen molar-refractivity contribution in [3.8, 4) is 56.2 Å². The van der Waals surface area contributed by atoms with E-state index in [1.54, 1.807) is 0 Å². The Labute approximate surface area is 322 Å². The summed E-state index contributed by atoms with van der Waals surface area (Å²) in [7, 11) is 0. The first-order valence-corrected chi connectivity index (χ1v) is 18.7. The number of hydrogen-bond acceptors (Lipinski definition) is 5. The van der Waals surface area contributed by atoms with Gasteiger partial charge in [0.2, 0.25) is 0 Å². The summed E-state index contributed by atoms with van der Waals surface area (Å²) < 4.78 is 0. The molecule has 5 heteroatoms. The van der Waals surface area contributed by atoms with Crippen LogP contribution in [-0.2, 0) is 0 Å². The lowest BCUT2D eigenvalue weighted by atomic mass is 10.00. The van der Waals surface area contributed by atoms with E-state index in [0.29, 0.717) is 0 Å². The highest BCUT2D eigenvalue weighted by atomic mass is 14.8. The molecule has 5 heterocycles. The van der Waals surface area contributed by atoms with Crippen LogP contribution in [0.2, 0.25) is 0 Å². The van der Waals surface area contributed by atoms with E-state index in [4.69, 9.17) is 19.9 Å². The first kappa shape index (κ1) is 31.9. The van der Waals surface area contributed by atoms with Crippen molar-refractivity contribution in [1.29, 1.82) is 0 Å². The summed E-state index contributed by atoms with van der Waals surface area (Å²) in [6.07, 6.45) is 1.90. The summed E-state index contributed by atoms with van der Waals surface area (Å²) in [4.78, 5) is 25.1. The first-order chi connectivity index (χ1) is 27.7. The van der Waals surface area contributed by atoms with Gasteiger partial charge in [0.25, 0.3) is 0 Å². The van der Waals surface area contributed by atoms with Crippen molar-refractivity contribution in [1.82, 2.24) is 24.9 Å². The van der Waals surface area contributed by atoms with Gasteiger partial charge in [-0.1, -0.05) is 133 Å². The normalized spacial score (nSPS) is 11.6. The zero-order chi connectivity index (χ0) is 37.0. The smallest absolute Gasteiger partial charge is 0.0972 e. The Hall–Kier alpha value is -7.63. The zero-order valence-electron chi connectivity index (χ0n) is 30.1. The third-order valence-corrected chi connectivity index (χ3v) is 10.7. The molecule has 11 aromatic rings. The van der Waals surface area contributed by atoms with Gasteiger partial charge in [-0.15, -0.1) is 0 Å². The van der Waals surface area contributed by atoms with E-state index in [1.165, 1.54) is 0 Å². The second-order valence-corrected chi connectivity index (χ2v) is 14.2. The van der Waals surface area contributed by atoms with Crippen molar-refractivity contribution in [2.45, 2.75) is 0 Å². The van der Waals surface area contributed by atoms with Crippen LogP contribution in [0.4, 0.5) is 0 Å². The Morgan fingerprint density at radius 3 is 1.39 bits per heavy atom. The standard InChI is InChI=1S/C51H31N5/c1-2-6-33(7-3-1)44-26-22-37-16-17-38-23-27-45(56-51(38)50(37)55-44)34-12-10-32(11-13-34)39-18-14-35-20-24-46(53-48(35)29-39)41-19-15-36-21-25-47(54-49(36)30-41)42-28-40-8-4-5-9-43(40)52-31-42/h1-31H. The van der Waals surface area contributed by atoms with Crippen LogP contribution in [0.3, 0.4) is 0 Å². The number of rotatable bonds is 5. The van der Waals surface area contributed by atoms with E-state index in [-0.39, 0.29) is 0 Å². The van der Waals surface area contributed by atoms with Crippen LogP contribution in [-0.4, -0.2) is 24.9 Å². The summed E-state index contributed by atoms with van der Waals surface area (Å²) in [5.74, 6) is 0. The molecule has 0 amide bonds. The molecule has 0 aliphatic heterocycles. The van der Waals surface area contributed by atoms with Gasteiger partial charge in [0.1, 0.15) is 0 Å². The second kappa shape index (κ2) is 13.0. The lowest BCUT2D eigenvalue weighted by Gasteiger charge is -2.10. The maximum atomic E-state index is 5.16. The molecule has 56 heavy (non-hydrogen) atoms. The molecular weight excluding hydrogens is 683 g/mol. The number of hydrogen-bond donors (Lipinski definition) is 0. The fourth-order valence-electron chi connectivity index (χ4n) is 7.64. The lowest BCUT2D eigenvalue weighted by molar-refractivity contribution is 1.35. The number of fused-ring (bicyclic) bond motifs is 6. The monoisotopic (exact) mass is 713 g/mol. The van der Waals surface area contributed by atoms with Crippen LogP contribution >= 0.6 is 0 Å². The maximum absolute atomic E-state index is 5.16. The largest absolute Gasteiger partial charge is 0.256 e. The van der Waals surface area contributed by atoms with Crippen LogP contribution in [0.5, 0.6) is 0 Å². The molecule has 0 bridgehead atoms. The molecule has 11 rings (SSSR count). The molecule has 0 N–H and O–H groups in total. The predicted octanol–water partition coefficient (Wildman–Crippen LogP) is 12.8. The van der Waals surface area contributed by atoms with Crippen molar-refractivity contribution < 1.29 is 0 Å². The number of benzene rings is 6. The van der Waals surface area contributed by atoms with E-state index < -0.39 is 0 Å². The average molecular weight is 714 g/mol. The van der Waals surface area contributed by atoms with Gasteiger partial charge < -0.3 is 0 Å². The number of nitrogens with zero attached hydrogens (tertiary/aromatic N) is 5. The van der Waals surface area contributed by atoms with Crippen molar-refractivity contribution in [2.24, 2.45) is 0 Å². The summed E-state index contributed by atoms with van der Waals surface area (Å²) in [5, 5.41) is 5.42. The molecule has 5 nitrogen and oxygen atoms in total. The van der Waals surface area contributed by atoms with Crippen LogP contribution < -0.4 is 0 Å². The van der Waals surface area contributed by atoms with Gasteiger partial charge in [0.15, 0.2) is 0 Å². The highest BCUT2D eigenvalue weighted by Gasteiger charge is 2.11. The molecular formula is C51H31N5. The van der Waals surface area contributed by atoms with Gasteiger partial charge in [-0.3, -0.25) is 4.98 Å². The van der Waals surface area contributed by atoms with Gasteiger partial charge in [-0.05, 0) is 59.7 Å². The number of aromatic nitrogens is 5. The lowest BCUT2D eigenvalue weighted by Crippen LogP contribution is -1.91. The quantitative estimate of drug-likeness (QED) is 0.166. The molecule has 0 aliphatic carbocycles. The van der Waals surface area contributed by atoms with Gasteiger partial charge >= 0.3 is 0 Å². The Morgan fingerprint density at radius 2 is 0.714 bits per heavy atom. The average Bonchev–Trinajstić information content (AvgIpc) is 3.28. The summed E-state index contributed by atoms with van der Waals surface area (Å²) in [6.45, 7) is 0. The van der Waals surface area contributed by atoms with Crippen molar-refractivity contribution in [3.63, 3.8) is 0 Å². The van der Waals surface area contributed by atoms with Gasteiger partial charge in [0.05, 0.1) is 50.4 Å². The van der Waals surface area contributed by atoms with Gasteiger partial charge in [0, 0.05) is 55.4 Å². The minimum Gasteiger partial charge on any atom is -0.256 e. The van der Waals surface area contributed by atoms with Gasteiger partial charge in [-0.2, -0.15) is 0 Å². The highest BCUT2D eigenvalue weighted by molar-refractivity contribution is 6.04. The molecule has 0 aliphatic rings. The van der Waals surface area contributed by atoms with E-state index >= 15 is 0 Å². The van der Waals surface area contributed by atoms with Crippen molar-refractivity contribution in [3.05, 3.63) is 188 Å². The molecule has 0 atom stereocenters. The fraction of sp³-hybridized carbons (Fsp3) is 0. The molecule has 0 unspecified atom stereocenters. The Morgan fingerprint density at radius 1 is 0.250 bits per heavy atom. The third-order valence-electron chi connectivity index (χ3n) is 10.7. The van der Waals surface area contributed by atoms with Crippen molar-refractivity contribution in [2.75, 3.05) is 0 Å². The minimum absolute atomic E-state index is 0.898. The fourth-order valence-corrected chi connectivity index (χ4v) is 7.64. The Kier molecular flexibility index (Phi) is 7.42. The summed E-state index contributed by atoms with van der Waals surface area (Å²) in [5.41, 5.74) is 14.7. The number of pyridine rings is 5. The van der Waals surface area contributed by atoms with Crippen LogP contribution in [0.25, 0.3) is 111 Å². The summed E-state index contributed by atoms with van der Waals surface area (Å²) >= 11 is 0. The summed E-state index contributed by atoms with van der Waals surface area (Å²) in [6, 6.07) is 63.2. The topological polar surface area (TPSA) is 64.5 Å². The van der Waals surface area contributed by atoms with E-state index in [1.807, 2.05) is 42.6 Å². The third kappa shape index (κ3) is 5.70. The van der Waals surface area contributed by atoms with Gasteiger partial charge in [-0.25, -0.2) is 19.9 Å². The molecule has 0 spiro atoms. The zero-order valence-corrected chi connectivity index (χ0v) is 30.1. The van der Waals surface area contributed by atoms with Crippen molar-refractivity contribution >= 4 is 54.5 Å². The molecule has 0 saturated carbocycles. The molecule has 5 aromatic heterocycles. The molecule has 0 saturated heterocycles. The Balaban J connectivity index is 0.898. The first-order valence-electron chi connectivity index (χ1n) is 18.7. The second-order valence-electron chi connectivity index (χ2n) is 14.2. The predicted molar refractivity (Wildman–Crippen MR) is 230 cm³/mol. The van der Waals surface area contributed by atoms with E-state index in [9.17, 15) is 0 Å². The maximum Gasteiger partial charge on any atom is 0.0972 e. The van der Waals surface area contributed by atoms with Crippen LogP contribution in [0.1, 0.15) is 0 Å². The minimum atomic E-state index is 0.898. The highest BCUT2D eigenvalue weighted by Crippen LogP contribution is 2.32. The molecule has 0 fully saturated rings. The number of para-hydroxylation sites is 1.